The summed E-state index contributed by atoms with van der Waals surface area (Å²) in [5.74, 6) is 1.62. The van der Waals surface area contributed by atoms with Crippen molar-refractivity contribution in [3.05, 3.63) is 0 Å². The van der Waals surface area contributed by atoms with Crippen LogP contribution in [0.15, 0.2) is 0 Å². The Morgan fingerprint density at radius 2 is 0.690 bits per heavy atom. The summed E-state index contributed by atoms with van der Waals surface area (Å²) >= 11 is 0. The number of hydrogen-bond acceptors (Lipinski definition) is 9. The molecule has 2 rings (SSSR count). The molecule has 0 radical (unpaired) electrons. The number of carbonyl (C=O) groups excluding carboxylic acids is 1. The Kier molecular flexibility index (Phi) is 56.9. The van der Waals surface area contributed by atoms with Crippen LogP contribution in [0.1, 0.15) is 412 Å². The first kappa shape index (κ1) is 82.3. The van der Waals surface area contributed by atoms with Crippen molar-refractivity contribution in [3.63, 3.8) is 0 Å². The summed E-state index contributed by atoms with van der Waals surface area (Å²) in [6.07, 6.45) is 73.1. The van der Waals surface area contributed by atoms with Crippen molar-refractivity contribution >= 4 is 5.97 Å². The zero-order valence-corrected chi connectivity index (χ0v) is 58.6. The second-order valence-corrected chi connectivity index (χ2v) is 29.0. The maximum absolute atomic E-state index is 13.4. The third-order valence-corrected chi connectivity index (χ3v) is 20.9. The molecule has 2 fully saturated rings. The van der Waals surface area contributed by atoms with Crippen LogP contribution in [0.5, 0.6) is 0 Å². The topological polar surface area (TPSA) is 146 Å². The predicted molar refractivity (Wildman–Crippen MR) is 369 cm³/mol. The number of ether oxygens (including phenoxy) is 3. The zero-order chi connectivity index (χ0) is 62.9. The molecular weight excluding hydrogens is 1080 g/mol. The van der Waals surface area contributed by atoms with Gasteiger partial charge in [-0.3, -0.25) is 4.79 Å². The summed E-state index contributed by atoms with van der Waals surface area (Å²) in [4.78, 5) is 13.4. The Balaban J connectivity index is 1.34. The molecule has 0 unspecified atom stereocenters. The number of methoxy groups -OCH3 is 1. The normalized spacial score (nSPS) is 20.9. The van der Waals surface area contributed by atoms with E-state index in [-0.39, 0.29) is 6.61 Å². The van der Waals surface area contributed by atoms with Crippen molar-refractivity contribution in [3.8, 4) is 0 Å². The number of aliphatic hydroxyl groups is 5. The molecule has 0 spiro atoms. The van der Waals surface area contributed by atoms with Gasteiger partial charge in [-0.1, -0.05) is 380 Å². The van der Waals surface area contributed by atoms with E-state index in [1.807, 2.05) is 7.11 Å². The second-order valence-electron chi connectivity index (χ2n) is 29.0. The molecule has 0 amide bonds. The molecule has 87 heavy (non-hydrogen) atoms. The number of rotatable bonds is 68. The first-order chi connectivity index (χ1) is 42.6. The molecular formula is C78H152O9. The van der Waals surface area contributed by atoms with Gasteiger partial charge in [0.05, 0.1) is 18.1 Å². The second kappa shape index (κ2) is 60.2. The number of aliphatic hydroxyl groups excluding tert-OH is 5. The van der Waals surface area contributed by atoms with E-state index < -0.39 is 48.7 Å². The molecule has 0 aromatic heterocycles. The van der Waals surface area contributed by atoms with Crippen molar-refractivity contribution in [2.45, 2.75) is 455 Å². The Morgan fingerprint density at radius 1 is 0.391 bits per heavy atom. The predicted octanol–water partition coefficient (Wildman–Crippen LogP) is 22.0. The molecule has 1 aliphatic heterocycles. The lowest BCUT2D eigenvalue weighted by atomic mass is 9.91. The molecule has 2 aliphatic rings. The van der Waals surface area contributed by atoms with Gasteiger partial charge in [-0.2, -0.15) is 0 Å². The average molecular weight is 1230 g/mol. The van der Waals surface area contributed by atoms with E-state index >= 15 is 0 Å². The van der Waals surface area contributed by atoms with Gasteiger partial charge in [0, 0.05) is 7.11 Å². The van der Waals surface area contributed by atoms with Crippen LogP contribution >= 0.6 is 0 Å². The average Bonchev–Trinajstić information content (AvgIpc) is 4.51. The van der Waals surface area contributed by atoms with Gasteiger partial charge in [-0.25, -0.2) is 0 Å². The Hall–Kier alpha value is -0.810. The minimum Gasteiger partial charge on any atom is -0.463 e. The highest BCUT2D eigenvalue weighted by Gasteiger charge is 2.44. The lowest BCUT2D eigenvalue weighted by Gasteiger charge is -2.38. The fourth-order valence-electron chi connectivity index (χ4n) is 14.5. The highest BCUT2D eigenvalue weighted by atomic mass is 16.6. The largest absolute Gasteiger partial charge is 0.463 e. The van der Waals surface area contributed by atoms with E-state index in [2.05, 4.69) is 20.8 Å². The van der Waals surface area contributed by atoms with Gasteiger partial charge >= 0.3 is 5.97 Å². The fourth-order valence-corrected chi connectivity index (χ4v) is 14.5. The van der Waals surface area contributed by atoms with Gasteiger partial charge in [0.2, 0.25) is 0 Å². The van der Waals surface area contributed by atoms with E-state index in [1.165, 1.54) is 340 Å². The number of unbranched alkanes of at least 4 members (excludes halogenated alkanes) is 50. The van der Waals surface area contributed by atoms with E-state index in [0.717, 1.165) is 50.4 Å². The van der Waals surface area contributed by atoms with Crippen molar-refractivity contribution in [1.82, 2.24) is 0 Å². The van der Waals surface area contributed by atoms with Gasteiger partial charge in [0.1, 0.15) is 31.0 Å². The quantitative estimate of drug-likeness (QED) is 0.0297. The van der Waals surface area contributed by atoms with Gasteiger partial charge in [-0.05, 0) is 49.9 Å². The molecule has 1 heterocycles. The highest BCUT2D eigenvalue weighted by molar-refractivity contribution is 5.73. The molecule has 0 aromatic rings. The van der Waals surface area contributed by atoms with E-state index in [0.29, 0.717) is 24.9 Å². The zero-order valence-electron chi connectivity index (χ0n) is 58.6. The minimum absolute atomic E-state index is 0.373. The lowest BCUT2D eigenvalue weighted by Crippen LogP contribution is -2.58. The molecule has 9 nitrogen and oxygen atoms in total. The van der Waals surface area contributed by atoms with Crippen molar-refractivity contribution in [1.29, 1.82) is 0 Å². The van der Waals surface area contributed by atoms with Crippen LogP contribution in [0.25, 0.3) is 0 Å². The first-order valence-electron chi connectivity index (χ1n) is 39.4. The summed E-state index contributed by atoms with van der Waals surface area (Å²) in [7, 11) is 1.95. The summed E-state index contributed by atoms with van der Waals surface area (Å²) in [5.41, 5.74) is 0. The SMILES string of the molecule is CCCCCCCCCCCCCCC[C@@H](C(=O)OC[C@@H]1O[C@@H](O)[C@@H](O)[C@H](O)[C@@H]1O)[C@H](O)CCCCCCCCCCCCCCCCC[C@@H]1C[C@@H]1CCCCCCCCCCCCCCCC[C@@H](OC)[C@H](C)CCCCCCCCCCCCCC. The van der Waals surface area contributed by atoms with Crippen LogP contribution in [-0.2, 0) is 19.0 Å². The van der Waals surface area contributed by atoms with Gasteiger partial charge in [0.15, 0.2) is 6.29 Å². The Morgan fingerprint density at radius 3 is 1.03 bits per heavy atom. The molecule has 9 heteroatoms. The van der Waals surface area contributed by atoms with Crippen LogP contribution in [0, 0.1) is 23.7 Å². The summed E-state index contributed by atoms with van der Waals surface area (Å²) < 4.78 is 16.7. The summed E-state index contributed by atoms with van der Waals surface area (Å²) in [5, 5.41) is 51.5. The maximum atomic E-state index is 13.4. The minimum atomic E-state index is -1.69. The third kappa shape index (κ3) is 46.8. The standard InChI is InChI=1S/C78H152O9/c1-5-7-9-11-13-15-17-24-32-38-44-50-56-62-70(77(83)86-66-73-74(80)75(81)76(82)78(84)87-73)71(79)63-57-51-45-39-33-27-21-19-20-25-30-36-42-48-54-60-68-65-69(68)61-55-49-43-37-31-26-22-23-28-34-40-46-52-58-64-72(85-4)67(3)59-53-47-41-35-29-18-16-14-12-10-8-6-2/h67-76,78-82,84H,5-66H2,1-4H3/t67-,68-,69+,70-,71-,72-,73+,74-,75-,76+,78-/m1/s1. The van der Waals surface area contributed by atoms with E-state index in [4.69, 9.17) is 14.2 Å². The number of carbonyl (C=O) groups is 1. The van der Waals surface area contributed by atoms with Gasteiger partial charge in [0.25, 0.3) is 0 Å². The summed E-state index contributed by atoms with van der Waals surface area (Å²) in [6.45, 7) is 6.63. The summed E-state index contributed by atoms with van der Waals surface area (Å²) in [6, 6.07) is 0. The van der Waals surface area contributed by atoms with Crippen LogP contribution in [-0.4, -0.2) is 88.1 Å². The molecule has 5 N–H and O–H groups in total. The van der Waals surface area contributed by atoms with Crippen LogP contribution < -0.4 is 0 Å². The molecule has 1 saturated carbocycles. The molecule has 0 aromatic carbocycles. The van der Waals surface area contributed by atoms with Crippen molar-refractivity contribution in [2.24, 2.45) is 23.7 Å². The molecule has 1 saturated heterocycles. The first-order valence-corrected chi connectivity index (χ1v) is 39.4. The van der Waals surface area contributed by atoms with Crippen LogP contribution in [0.2, 0.25) is 0 Å². The van der Waals surface area contributed by atoms with E-state index in [1.54, 1.807) is 0 Å². The monoisotopic (exact) mass is 1230 g/mol. The van der Waals surface area contributed by atoms with Gasteiger partial charge in [-0.15, -0.1) is 0 Å². The fraction of sp³-hybridized carbons (Fsp3) is 0.987. The van der Waals surface area contributed by atoms with Crippen molar-refractivity contribution in [2.75, 3.05) is 13.7 Å². The lowest BCUT2D eigenvalue weighted by molar-refractivity contribution is -0.287. The molecule has 11 atom stereocenters. The van der Waals surface area contributed by atoms with Crippen LogP contribution in [0.4, 0.5) is 0 Å². The number of esters is 1. The number of hydrogen-bond donors (Lipinski definition) is 5. The molecule has 518 valence electrons. The molecule has 1 aliphatic carbocycles. The Bertz CT molecular complexity index is 1430. The third-order valence-electron chi connectivity index (χ3n) is 20.9. The van der Waals surface area contributed by atoms with Crippen molar-refractivity contribution < 1.29 is 44.5 Å². The Labute approximate surface area is 540 Å². The molecule has 0 bridgehead atoms. The smallest absolute Gasteiger partial charge is 0.311 e. The highest BCUT2D eigenvalue weighted by Crippen LogP contribution is 2.46. The van der Waals surface area contributed by atoms with Gasteiger partial charge < -0.3 is 39.7 Å². The maximum Gasteiger partial charge on any atom is 0.311 e. The van der Waals surface area contributed by atoms with E-state index in [9.17, 15) is 30.3 Å². The van der Waals surface area contributed by atoms with Crippen LogP contribution in [0.3, 0.4) is 0 Å².